The van der Waals surface area contributed by atoms with E-state index in [-0.39, 0.29) is 12.0 Å². The Kier molecular flexibility index (Phi) is 1.82. The maximum absolute atomic E-state index is 11.7. The summed E-state index contributed by atoms with van der Waals surface area (Å²) in [4.78, 5) is 11.7. The van der Waals surface area contributed by atoms with Crippen LogP contribution >= 0.6 is 11.6 Å². The number of rotatable bonds is 4. The van der Waals surface area contributed by atoms with Crippen LogP contribution in [-0.2, 0) is 0 Å². The van der Waals surface area contributed by atoms with Gasteiger partial charge in [-0.15, -0.1) is 11.6 Å². The van der Waals surface area contributed by atoms with E-state index in [0.29, 0.717) is 12.3 Å². The van der Waals surface area contributed by atoms with Crippen LogP contribution in [0.4, 0.5) is 0 Å². The molecule has 0 saturated carbocycles. The topological polar surface area (TPSA) is 17.1 Å². The van der Waals surface area contributed by atoms with Crippen molar-refractivity contribution >= 4 is 17.4 Å². The van der Waals surface area contributed by atoms with Crippen LogP contribution < -0.4 is 0 Å². The number of hydrogen-bond donors (Lipinski definition) is 0. The Bertz CT molecular complexity index is 431. The minimum absolute atomic E-state index is 0.0808. The average Bonchev–Trinajstić information content (AvgIpc) is 2.31. The fourth-order valence-electron chi connectivity index (χ4n) is 0.742. The third kappa shape index (κ3) is 2.67. The van der Waals surface area contributed by atoms with Crippen LogP contribution in [0.15, 0.2) is 30.2 Å². The zero-order chi connectivity index (χ0) is 13.2. The highest BCUT2D eigenvalue weighted by Crippen LogP contribution is 2.05. The summed E-state index contributed by atoms with van der Waals surface area (Å²) in [5, 5.41) is 0. The third-order valence-electron chi connectivity index (χ3n) is 1.32. The Morgan fingerprint density at radius 3 is 2.67 bits per heavy atom. The van der Waals surface area contributed by atoms with E-state index in [1.165, 1.54) is 0 Å². The SMILES string of the molecule is [2H]c1c([2H])c([2H])c(C(=O)CCCCl)c([2H])c1[2H]. The summed E-state index contributed by atoms with van der Waals surface area (Å²) in [6, 6.07) is -2.36. The Hall–Kier alpha value is -0.820. The first-order chi connectivity index (χ1) is 7.91. The van der Waals surface area contributed by atoms with Gasteiger partial charge in [0.2, 0.25) is 0 Å². The van der Waals surface area contributed by atoms with E-state index < -0.39 is 36.0 Å². The molecule has 1 rings (SSSR count). The smallest absolute Gasteiger partial charge is 0.162 e. The van der Waals surface area contributed by atoms with Gasteiger partial charge in [0.25, 0.3) is 0 Å². The van der Waals surface area contributed by atoms with Crippen molar-refractivity contribution in [2.24, 2.45) is 0 Å². The summed E-state index contributed by atoms with van der Waals surface area (Å²) in [6.07, 6.45) is 0.500. The second-order valence-corrected chi connectivity index (χ2v) is 2.59. The van der Waals surface area contributed by atoms with Crippen molar-refractivity contribution in [3.63, 3.8) is 0 Å². The normalized spacial score (nSPS) is 15.6. The van der Waals surface area contributed by atoms with E-state index in [2.05, 4.69) is 0 Å². The molecular formula is C10H11ClO. The zero-order valence-corrected chi connectivity index (χ0v) is 7.16. The van der Waals surface area contributed by atoms with E-state index >= 15 is 0 Å². The largest absolute Gasteiger partial charge is 0.294 e. The molecule has 0 atom stereocenters. The van der Waals surface area contributed by atoms with E-state index in [4.69, 9.17) is 18.5 Å². The molecule has 0 aliphatic rings. The third-order valence-corrected chi connectivity index (χ3v) is 1.58. The number of Topliss-reactive ketones (excluding diaryl/α,β-unsaturated/α-hetero) is 1. The highest BCUT2D eigenvalue weighted by molar-refractivity contribution is 6.18. The first-order valence-corrected chi connectivity index (χ1v) is 4.11. The Morgan fingerprint density at radius 1 is 1.42 bits per heavy atom. The maximum atomic E-state index is 11.7. The highest BCUT2D eigenvalue weighted by Gasteiger charge is 2.02. The lowest BCUT2D eigenvalue weighted by Crippen LogP contribution is -1.98. The lowest BCUT2D eigenvalue weighted by molar-refractivity contribution is 0.0982. The van der Waals surface area contributed by atoms with Crippen molar-refractivity contribution < 1.29 is 11.6 Å². The molecule has 1 aromatic rings. The predicted octanol–water partition coefficient (Wildman–Crippen LogP) is 2.89. The summed E-state index contributed by atoms with van der Waals surface area (Å²) in [5.74, 6) is -0.174. The van der Waals surface area contributed by atoms with Crippen molar-refractivity contribution in [1.29, 1.82) is 0 Å². The molecule has 0 spiro atoms. The van der Waals surface area contributed by atoms with Gasteiger partial charge in [-0.1, -0.05) is 30.2 Å². The summed E-state index contributed by atoms with van der Waals surface area (Å²) in [6.45, 7) is 0. The molecule has 0 heterocycles. The molecule has 0 amide bonds. The molecule has 0 unspecified atom stereocenters. The summed E-state index contributed by atoms with van der Waals surface area (Å²) in [7, 11) is 0. The summed E-state index contributed by atoms with van der Waals surface area (Å²) >= 11 is 5.45. The molecule has 0 saturated heterocycles. The molecule has 0 fully saturated rings. The molecule has 0 N–H and O–H groups in total. The highest BCUT2D eigenvalue weighted by atomic mass is 35.5. The standard InChI is InChI=1S/C10H11ClO/c11-8-4-7-10(12)9-5-2-1-3-6-9/h1-3,5-6H,4,7-8H2/i1D,2D,3D,5D,6D. The molecule has 1 nitrogen and oxygen atoms in total. The van der Waals surface area contributed by atoms with Crippen LogP contribution in [0.1, 0.15) is 30.1 Å². The van der Waals surface area contributed by atoms with E-state index in [1.54, 1.807) is 0 Å². The fourth-order valence-corrected chi connectivity index (χ4v) is 0.875. The van der Waals surface area contributed by atoms with Crippen molar-refractivity contribution in [2.75, 3.05) is 5.88 Å². The Balaban J connectivity index is 3.29. The van der Waals surface area contributed by atoms with Gasteiger partial charge in [-0.25, -0.2) is 0 Å². The van der Waals surface area contributed by atoms with Crippen LogP contribution in [0.3, 0.4) is 0 Å². The summed E-state index contributed by atoms with van der Waals surface area (Å²) in [5.41, 5.74) is -0.249. The lowest BCUT2D eigenvalue weighted by atomic mass is 10.1. The van der Waals surface area contributed by atoms with Crippen molar-refractivity contribution in [1.82, 2.24) is 0 Å². The van der Waals surface area contributed by atoms with Crippen LogP contribution in [0.5, 0.6) is 0 Å². The number of benzene rings is 1. The number of halogens is 1. The number of carbonyl (C=O) groups excluding carboxylic acids is 1. The number of alkyl halides is 1. The number of ketones is 1. The molecular weight excluding hydrogens is 172 g/mol. The van der Waals surface area contributed by atoms with Crippen molar-refractivity contribution in [2.45, 2.75) is 12.8 Å². The molecule has 0 aliphatic heterocycles. The van der Waals surface area contributed by atoms with Crippen molar-refractivity contribution in [3.05, 3.63) is 35.8 Å². The zero-order valence-electron chi connectivity index (χ0n) is 11.4. The minimum Gasteiger partial charge on any atom is -0.294 e. The number of carbonyl (C=O) groups is 1. The molecule has 64 valence electrons. The van der Waals surface area contributed by atoms with Gasteiger partial charge < -0.3 is 0 Å². The Labute approximate surface area is 84.4 Å². The minimum atomic E-state index is -0.492. The van der Waals surface area contributed by atoms with Gasteiger partial charge in [0.1, 0.15) is 0 Å². The second kappa shape index (κ2) is 4.94. The summed E-state index contributed by atoms with van der Waals surface area (Å²) < 4.78 is 37.4. The van der Waals surface area contributed by atoms with Gasteiger partial charge in [0.15, 0.2) is 5.78 Å². The van der Waals surface area contributed by atoms with E-state index in [1.807, 2.05) is 0 Å². The maximum Gasteiger partial charge on any atom is 0.162 e. The van der Waals surface area contributed by atoms with Gasteiger partial charge in [0.05, 0.1) is 6.85 Å². The number of hydrogen-bond acceptors (Lipinski definition) is 1. The molecule has 2 heteroatoms. The monoisotopic (exact) mass is 187 g/mol. The quantitative estimate of drug-likeness (QED) is 0.523. The van der Waals surface area contributed by atoms with Gasteiger partial charge in [-0.05, 0) is 6.42 Å². The van der Waals surface area contributed by atoms with Crippen molar-refractivity contribution in [3.8, 4) is 0 Å². The molecule has 12 heavy (non-hydrogen) atoms. The van der Waals surface area contributed by atoms with Gasteiger partial charge in [0, 0.05) is 17.9 Å². The van der Waals surface area contributed by atoms with Gasteiger partial charge >= 0.3 is 0 Å². The van der Waals surface area contributed by atoms with E-state index in [0.717, 1.165) is 0 Å². The molecule has 1 aromatic carbocycles. The Morgan fingerprint density at radius 2 is 2.08 bits per heavy atom. The molecule has 0 aromatic heterocycles. The molecule has 0 bridgehead atoms. The fraction of sp³-hybridized carbons (Fsp3) is 0.300. The van der Waals surface area contributed by atoms with Crippen LogP contribution in [-0.4, -0.2) is 11.7 Å². The van der Waals surface area contributed by atoms with Crippen LogP contribution in [0.2, 0.25) is 0 Å². The first-order valence-electron chi connectivity index (χ1n) is 6.07. The van der Waals surface area contributed by atoms with Crippen LogP contribution in [0.25, 0.3) is 0 Å². The lowest BCUT2D eigenvalue weighted by Gasteiger charge is -1.97. The molecule has 0 radical (unpaired) electrons. The van der Waals surface area contributed by atoms with Crippen LogP contribution in [0, 0.1) is 0 Å². The first kappa shape index (κ1) is 4.43. The molecule has 0 aliphatic carbocycles. The second-order valence-electron chi connectivity index (χ2n) is 2.22. The average molecular weight is 188 g/mol. The van der Waals surface area contributed by atoms with Gasteiger partial charge in [-0.3, -0.25) is 4.79 Å². The van der Waals surface area contributed by atoms with E-state index in [9.17, 15) is 4.79 Å². The predicted molar refractivity (Wildman–Crippen MR) is 50.7 cm³/mol. The van der Waals surface area contributed by atoms with Gasteiger partial charge in [-0.2, -0.15) is 0 Å².